The Morgan fingerprint density at radius 2 is 2.10 bits per heavy atom. The number of halogens is 1. The summed E-state index contributed by atoms with van der Waals surface area (Å²) in [7, 11) is 0. The van der Waals surface area contributed by atoms with Crippen molar-refractivity contribution in [3.8, 4) is 0 Å². The molecule has 21 heavy (non-hydrogen) atoms. The first-order chi connectivity index (χ1) is 10.2. The maximum absolute atomic E-state index is 12.2. The first-order valence-corrected chi connectivity index (χ1v) is 8.86. The van der Waals surface area contributed by atoms with E-state index in [-0.39, 0.29) is 18.6 Å². The summed E-state index contributed by atoms with van der Waals surface area (Å²) >= 11 is 7.59. The number of aliphatic hydroxyl groups is 1. The van der Waals surface area contributed by atoms with Crippen LogP contribution < -0.4 is 0 Å². The highest BCUT2D eigenvalue weighted by Crippen LogP contribution is 2.22. The smallest absolute Gasteiger partial charge is 0.222 e. The number of hydrogen-bond donors (Lipinski definition) is 1. The maximum Gasteiger partial charge on any atom is 0.222 e. The van der Waals surface area contributed by atoms with E-state index >= 15 is 0 Å². The lowest BCUT2D eigenvalue weighted by Crippen LogP contribution is -2.45. The van der Waals surface area contributed by atoms with Gasteiger partial charge in [-0.3, -0.25) is 4.79 Å². The van der Waals surface area contributed by atoms with E-state index in [2.05, 4.69) is 0 Å². The average Bonchev–Trinajstić information content (AvgIpc) is 2.53. The van der Waals surface area contributed by atoms with Gasteiger partial charge in [0.15, 0.2) is 0 Å². The monoisotopic (exact) mass is 327 g/mol. The average molecular weight is 328 g/mol. The second-order valence-corrected chi connectivity index (χ2v) is 6.93. The van der Waals surface area contributed by atoms with E-state index < -0.39 is 0 Å². The number of nitrogens with zero attached hydrogens (tertiary/aromatic N) is 1. The van der Waals surface area contributed by atoms with E-state index in [0.717, 1.165) is 43.0 Å². The zero-order valence-corrected chi connectivity index (χ0v) is 13.7. The summed E-state index contributed by atoms with van der Waals surface area (Å²) < 4.78 is 0. The number of hydrogen-bond acceptors (Lipinski definition) is 3. The molecule has 1 unspecified atom stereocenters. The van der Waals surface area contributed by atoms with Crippen molar-refractivity contribution in [1.29, 1.82) is 0 Å². The molecule has 0 radical (unpaired) electrons. The molecule has 1 N–H and O–H groups in total. The molecule has 1 aliphatic rings. The number of carbonyl (C=O) groups is 1. The highest BCUT2D eigenvalue weighted by Gasteiger charge is 2.25. The Balaban J connectivity index is 1.70. The van der Waals surface area contributed by atoms with Gasteiger partial charge in [0, 0.05) is 22.9 Å². The maximum atomic E-state index is 12.2. The topological polar surface area (TPSA) is 40.5 Å². The third kappa shape index (κ3) is 5.20. The third-order valence-corrected chi connectivity index (χ3v) is 5.13. The van der Waals surface area contributed by atoms with Crippen LogP contribution in [0.5, 0.6) is 0 Å². The van der Waals surface area contributed by atoms with Crippen LogP contribution in [-0.4, -0.2) is 40.9 Å². The summed E-state index contributed by atoms with van der Waals surface area (Å²) in [5, 5.41) is 10.1. The van der Waals surface area contributed by atoms with Crippen LogP contribution in [0.15, 0.2) is 29.2 Å². The lowest BCUT2D eigenvalue weighted by molar-refractivity contribution is -0.135. The van der Waals surface area contributed by atoms with Crippen molar-refractivity contribution in [3.05, 3.63) is 29.3 Å². The van der Waals surface area contributed by atoms with Crippen molar-refractivity contribution in [2.75, 3.05) is 18.9 Å². The van der Waals surface area contributed by atoms with Gasteiger partial charge in [-0.25, -0.2) is 0 Å². The van der Waals surface area contributed by atoms with E-state index in [0.29, 0.717) is 6.42 Å². The number of carbonyl (C=O) groups excluding carboxylic acids is 1. The van der Waals surface area contributed by atoms with Crippen LogP contribution in [0, 0.1) is 0 Å². The van der Waals surface area contributed by atoms with Crippen LogP contribution in [0.2, 0.25) is 5.02 Å². The molecule has 3 nitrogen and oxygen atoms in total. The molecule has 1 aromatic rings. The van der Waals surface area contributed by atoms with E-state index in [1.807, 2.05) is 29.2 Å². The molecule has 1 aliphatic heterocycles. The normalized spacial score (nSPS) is 18.8. The van der Waals surface area contributed by atoms with Crippen molar-refractivity contribution >= 4 is 29.3 Å². The van der Waals surface area contributed by atoms with Gasteiger partial charge in [-0.05, 0) is 55.7 Å². The molecule has 116 valence electrons. The second kappa shape index (κ2) is 8.66. The molecule has 1 aromatic carbocycles. The highest BCUT2D eigenvalue weighted by atomic mass is 35.5. The Morgan fingerprint density at radius 3 is 2.81 bits per heavy atom. The molecule has 1 saturated heterocycles. The van der Waals surface area contributed by atoms with E-state index in [1.165, 1.54) is 4.90 Å². The minimum atomic E-state index is 0.0372. The Kier molecular flexibility index (Phi) is 6.87. The number of aliphatic hydroxyl groups excluding tert-OH is 1. The first-order valence-electron chi connectivity index (χ1n) is 7.49. The van der Waals surface area contributed by atoms with Crippen LogP contribution >= 0.6 is 23.4 Å². The van der Waals surface area contributed by atoms with Gasteiger partial charge in [0.1, 0.15) is 0 Å². The largest absolute Gasteiger partial charge is 0.394 e. The lowest BCUT2D eigenvalue weighted by Gasteiger charge is -2.34. The Labute approximate surface area is 135 Å². The Bertz CT molecular complexity index is 452. The van der Waals surface area contributed by atoms with Crippen LogP contribution in [0.4, 0.5) is 0 Å². The van der Waals surface area contributed by atoms with Gasteiger partial charge in [-0.1, -0.05) is 11.6 Å². The molecule has 2 rings (SSSR count). The minimum absolute atomic E-state index is 0.0372. The highest BCUT2D eigenvalue weighted by molar-refractivity contribution is 7.99. The van der Waals surface area contributed by atoms with Gasteiger partial charge >= 0.3 is 0 Å². The van der Waals surface area contributed by atoms with Crippen LogP contribution in [-0.2, 0) is 4.79 Å². The second-order valence-electron chi connectivity index (χ2n) is 5.33. The minimum Gasteiger partial charge on any atom is -0.394 e. The molecule has 0 aliphatic carbocycles. The van der Waals surface area contributed by atoms with Gasteiger partial charge in [-0.15, -0.1) is 11.8 Å². The summed E-state index contributed by atoms with van der Waals surface area (Å²) in [6, 6.07) is 7.81. The molecular formula is C16H22ClNO2S. The zero-order chi connectivity index (χ0) is 15.1. The fourth-order valence-corrected chi connectivity index (χ4v) is 3.59. The quantitative estimate of drug-likeness (QED) is 0.641. The van der Waals surface area contributed by atoms with Crippen LogP contribution in [0.3, 0.4) is 0 Å². The summed E-state index contributed by atoms with van der Waals surface area (Å²) in [5.74, 6) is 1.11. The van der Waals surface area contributed by atoms with Gasteiger partial charge in [0.25, 0.3) is 0 Å². The van der Waals surface area contributed by atoms with Gasteiger partial charge < -0.3 is 10.0 Å². The standard InChI is InChI=1S/C16H22ClNO2S/c17-13-6-8-15(9-7-13)21-11-3-5-16(20)18-10-2-1-4-14(18)12-19/h6-9,14,19H,1-5,10-12H2. The number of rotatable bonds is 6. The summed E-state index contributed by atoms with van der Waals surface area (Å²) in [4.78, 5) is 15.3. The number of likely N-dealkylation sites (tertiary alicyclic amines) is 1. The fourth-order valence-electron chi connectivity index (χ4n) is 2.61. The SMILES string of the molecule is O=C(CCCSc1ccc(Cl)cc1)N1CCCCC1CO. The van der Waals surface area contributed by atoms with E-state index in [1.54, 1.807) is 11.8 Å². The Morgan fingerprint density at radius 1 is 1.33 bits per heavy atom. The molecule has 0 aromatic heterocycles. The molecule has 1 fully saturated rings. The van der Waals surface area contributed by atoms with Crippen molar-refractivity contribution in [2.45, 2.75) is 43.0 Å². The molecule has 0 spiro atoms. The van der Waals surface area contributed by atoms with Gasteiger partial charge in [0.05, 0.1) is 12.6 Å². The van der Waals surface area contributed by atoms with Crippen molar-refractivity contribution in [1.82, 2.24) is 4.90 Å². The third-order valence-electron chi connectivity index (χ3n) is 3.78. The number of benzene rings is 1. The predicted molar refractivity (Wildman–Crippen MR) is 87.8 cm³/mol. The van der Waals surface area contributed by atoms with Crippen molar-refractivity contribution in [3.63, 3.8) is 0 Å². The van der Waals surface area contributed by atoms with Crippen LogP contribution in [0.1, 0.15) is 32.1 Å². The number of piperidine rings is 1. The summed E-state index contributed by atoms with van der Waals surface area (Å²) in [5.41, 5.74) is 0. The lowest BCUT2D eigenvalue weighted by atomic mass is 10.0. The first kappa shape index (κ1) is 16.7. The van der Waals surface area contributed by atoms with E-state index in [4.69, 9.17) is 11.6 Å². The number of thioether (sulfide) groups is 1. The molecular weight excluding hydrogens is 306 g/mol. The molecule has 1 atom stereocenters. The Hall–Kier alpha value is -0.710. The molecule has 0 bridgehead atoms. The van der Waals surface area contributed by atoms with Gasteiger partial charge in [0.2, 0.25) is 5.91 Å². The summed E-state index contributed by atoms with van der Waals surface area (Å²) in [6.07, 6.45) is 4.53. The van der Waals surface area contributed by atoms with E-state index in [9.17, 15) is 9.90 Å². The number of amides is 1. The van der Waals surface area contributed by atoms with Crippen LogP contribution in [0.25, 0.3) is 0 Å². The fraction of sp³-hybridized carbons (Fsp3) is 0.562. The molecule has 1 amide bonds. The predicted octanol–water partition coefficient (Wildman–Crippen LogP) is 3.59. The molecule has 5 heteroatoms. The van der Waals surface area contributed by atoms with Gasteiger partial charge in [-0.2, -0.15) is 0 Å². The van der Waals surface area contributed by atoms with Crippen molar-refractivity contribution < 1.29 is 9.90 Å². The molecule has 0 saturated carbocycles. The zero-order valence-electron chi connectivity index (χ0n) is 12.1. The van der Waals surface area contributed by atoms with Crippen molar-refractivity contribution in [2.24, 2.45) is 0 Å². The molecule has 1 heterocycles. The summed E-state index contributed by atoms with van der Waals surface area (Å²) in [6.45, 7) is 0.889.